The lowest BCUT2D eigenvalue weighted by Crippen LogP contribution is -2.34. The molecule has 1 atom stereocenters. The summed E-state index contributed by atoms with van der Waals surface area (Å²) in [5.41, 5.74) is 4.06. The average Bonchev–Trinajstić information content (AvgIpc) is 3.23. The van der Waals surface area contributed by atoms with Crippen LogP contribution in [0.2, 0.25) is 0 Å². The molecule has 0 aliphatic heterocycles. The molecule has 4 rings (SSSR count). The Morgan fingerprint density at radius 3 is 2.03 bits per heavy atom. The van der Waals surface area contributed by atoms with Crippen molar-refractivity contribution in [2.45, 2.75) is 32.9 Å². The molecule has 0 saturated carbocycles. The topological polar surface area (TPSA) is 78.4 Å². The van der Waals surface area contributed by atoms with E-state index < -0.39 is 0 Å². The Labute approximate surface area is 188 Å². The third kappa shape index (κ3) is 3.87. The summed E-state index contributed by atoms with van der Waals surface area (Å²) in [6.45, 7) is 6.35. The Morgan fingerprint density at radius 2 is 1.47 bits per heavy atom. The highest BCUT2D eigenvalue weighted by atomic mass is 16.5. The maximum atomic E-state index is 6.61. The third-order valence-electron chi connectivity index (χ3n) is 5.77. The van der Waals surface area contributed by atoms with Gasteiger partial charge in [0.15, 0.2) is 5.82 Å². The van der Waals surface area contributed by atoms with Crippen molar-refractivity contribution in [3.63, 3.8) is 0 Å². The van der Waals surface area contributed by atoms with Crippen LogP contribution in [0.1, 0.15) is 38.4 Å². The molecule has 0 unspecified atom stereocenters. The highest BCUT2D eigenvalue weighted by Gasteiger charge is 2.22. The van der Waals surface area contributed by atoms with Gasteiger partial charge in [0.2, 0.25) is 0 Å². The number of methoxy groups -OCH3 is 2. The van der Waals surface area contributed by atoms with Crippen LogP contribution in [0.3, 0.4) is 0 Å². The van der Waals surface area contributed by atoms with Gasteiger partial charge >= 0.3 is 0 Å². The van der Waals surface area contributed by atoms with Gasteiger partial charge in [-0.05, 0) is 74.4 Å². The molecule has 7 nitrogen and oxygen atoms in total. The zero-order valence-electron chi connectivity index (χ0n) is 19.1. The number of hydrogen-bond donors (Lipinski definition) is 1. The molecule has 32 heavy (non-hydrogen) atoms. The molecule has 2 heterocycles. The molecular weight excluding hydrogens is 402 g/mol. The molecule has 0 fully saturated rings. The monoisotopic (exact) mass is 431 g/mol. The fraction of sp³-hybridized carbons (Fsp3) is 0.280. The summed E-state index contributed by atoms with van der Waals surface area (Å²) < 4.78 is 12.8. The van der Waals surface area contributed by atoms with E-state index in [1.54, 1.807) is 25.6 Å². The SMILES string of the molecule is COc1ccc(-c2cc3c(N(N)[C@H](C)c4ccc(OC)cc4)ncnc3n2C(C)C)cc1. The van der Waals surface area contributed by atoms with Crippen LogP contribution in [0.25, 0.3) is 22.3 Å². The lowest BCUT2D eigenvalue weighted by Gasteiger charge is -2.26. The molecule has 0 bridgehead atoms. The second-order valence-corrected chi connectivity index (χ2v) is 8.01. The normalized spacial score (nSPS) is 12.2. The van der Waals surface area contributed by atoms with Gasteiger partial charge in [0, 0.05) is 6.04 Å². The highest BCUT2D eigenvalue weighted by Crippen LogP contribution is 2.36. The highest BCUT2D eigenvalue weighted by molar-refractivity contribution is 5.93. The molecule has 0 saturated heterocycles. The fourth-order valence-electron chi connectivity index (χ4n) is 3.96. The first kappa shape index (κ1) is 21.6. The van der Waals surface area contributed by atoms with Gasteiger partial charge in [-0.2, -0.15) is 0 Å². The summed E-state index contributed by atoms with van der Waals surface area (Å²) in [6, 6.07) is 18.2. The number of ether oxygens (including phenoxy) is 2. The number of fused-ring (bicyclic) bond motifs is 1. The number of nitrogens with two attached hydrogens (primary N) is 1. The smallest absolute Gasteiger partial charge is 0.156 e. The van der Waals surface area contributed by atoms with E-state index in [2.05, 4.69) is 53.5 Å². The first-order valence-electron chi connectivity index (χ1n) is 10.6. The van der Waals surface area contributed by atoms with Gasteiger partial charge in [-0.3, -0.25) is 5.01 Å². The summed E-state index contributed by atoms with van der Waals surface area (Å²) >= 11 is 0. The van der Waals surface area contributed by atoms with Crippen molar-refractivity contribution in [3.05, 3.63) is 66.5 Å². The number of rotatable bonds is 7. The molecule has 0 radical (unpaired) electrons. The summed E-state index contributed by atoms with van der Waals surface area (Å²) in [6.07, 6.45) is 1.58. The van der Waals surface area contributed by atoms with Crippen LogP contribution in [-0.4, -0.2) is 28.8 Å². The van der Waals surface area contributed by atoms with Crippen molar-refractivity contribution in [1.82, 2.24) is 14.5 Å². The van der Waals surface area contributed by atoms with Gasteiger partial charge in [0.1, 0.15) is 23.5 Å². The molecule has 2 aromatic heterocycles. The van der Waals surface area contributed by atoms with E-state index in [0.29, 0.717) is 5.82 Å². The molecule has 0 amide bonds. The zero-order valence-corrected chi connectivity index (χ0v) is 19.1. The van der Waals surface area contributed by atoms with Crippen LogP contribution in [0, 0.1) is 0 Å². The number of aromatic nitrogens is 3. The van der Waals surface area contributed by atoms with Gasteiger partial charge < -0.3 is 14.0 Å². The van der Waals surface area contributed by atoms with E-state index in [0.717, 1.165) is 39.4 Å². The van der Waals surface area contributed by atoms with Crippen LogP contribution in [-0.2, 0) is 0 Å². The Bertz CT molecular complexity index is 1200. The van der Waals surface area contributed by atoms with Crippen LogP contribution < -0.4 is 20.3 Å². The van der Waals surface area contributed by atoms with E-state index in [9.17, 15) is 0 Å². The minimum Gasteiger partial charge on any atom is -0.497 e. The zero-order chi connectivity index (χ0) is 22.8. The summed E-state index contributed by atoms with van der Waals surface area (Å²) in [5, 5.41) is 2.61. The molecule has 2 N–H and O–H groups in total. The van der Waals surface area contributed by atoms with E-state index in [-0.39, 0.29) is 12.1 Å². The van der Waals surface area contributed by atoms with Crippen molar-refractivity contribution in [1.29, 1.82) is 0 Å². The third-order valence-corrected chi connectivity index (χ3v) is 5.77. The van der Waals surface area contributed by atoms with Crippen molar-refractivity contribution < 1.29 is 9.47 Å². The quantitative estimate of drug-likeness (QED) is 0.323. The van der Waals surface area contributed by atoms with Crippen LogP contribution in [0.5, 0.6) is 11.5 Å². The molecule has 0 spiro atoms. The summed E-state index contributed by atoms with van der Waals surface area (Å²) in [7, 11) is 3.33. The molecular formula is C25H29N5O2. The predicted molar refractivity (Wildman–Crippen MR) is 128 cm³/mol. The number of benzene rings is 2. The van der Waals surface area contributed by atoms with Crippen LogP contribution >= 0.6 is 0 Å². The van der Waals surface area contributed by atoms with Crippen molar-refractivity contribution in [3.8, 4) is 22.8 Å². The van der Waals surface area contributed by atoms with Crippen molar-refractivity contribution in [2.75, 3.05) is 19.2 Å². The van der Waals surface area contributed by atoms with E-state index in [1.807, 2.05) is 36.4 Å². The average molecular weight is 432 g/mol. The van der Waals surface area contributed by atoms with E-state index >= 15 is 0 Å². The first-order chi connectivity index (χ1) is 15.4. The van der Waals surface area contributed by atoms with Gasteiger partial charge in [-0.25, -0.2) is 15.8 Å². The molecule has 4 aromatic rings. The van der Waals surface area contributed by atoms with Gasteiger partial charge in [-0.1, -0.05) is 12.1 Å². The second kappa shape index (κ2) is 8.88. The largest absolute Gasteiger partial charge is 0.497 e. The van der Waals surface area contributed by atoms with Crippen LogP contribution in [0.15, 0.2) is 60.9 Å². The summed E-state index contributed by atoms with van der Waals surface area (Å²) in [4.78, 5) is 9.16. The Kier molecular flexibility index (Phi) is 6.01. The van der Waals surface area contributed by atoms with Crippen LogP contribution in [0.4, 0.5) is 5.82 Å². The standard InChI is InChI=1S/C25H29N5O2/c1-16(2)29-23(19-8-12-21(32-5)13-9-19)14-22-24(29)27-15-28-25(22)30(26)17(3)18-6-10-20(31-4)11-7-18/h6-17H,26H2,1-5H3/t17-/m1/s1. The van der Waals surface area contributed by atoms with Crippen molar-refractivity contribution >= 4 is 16.9 Å². The Balaban J connectivity index is 1.80. The lowest BCUT2D eigenvalue weighted by molar-refractivity contribution is 0.414. The summed E-state index contributed by atoms with van der Waals surface area (Å²) in [5.74, 6) is 8.93. The second-order valence-electron chi connectivity index (χ2n) is 8.01. The molecule has 0 aliphatic rings. The maximum Gasteiger partial charge on any atom is 0.156 e. The number of nitrogens with zero attached hydrogens (tertiary/aromatic N) is 4. The number of hydrazine groups is 1. The fourth-order valence-corrected chi connectivity index (χ4v) is 3.96. The number of anilines is 1. The Hall–Kier alpha value is -3.58. The maximum absolute atomic E-state index is 6.61. The lowest BCUT2D eigenvalue weighted by atomic mass is 10.1. The van der Waals surface area contributed by atoms with E-state index in [4.69, 9.17) is 15.3 Å². The first-order valence-corrected chi connectivity index (χ1v) is 10.6. The van der Waals surface area contributed by atoms with Gasteiger partial charge in [0.25, 0.3) is 0 Å². The van der Waals surface area contributed by atoms with Gasteiger partial charge in [-0.15, -0.1) is 0 Å². The Morgan fingerprint density at radius 1 is 0.875 bits per heavy atom. The molecule has 7 heteroatoms. The molecule has 0 aliphatic carbocycles. The molecule has 2 aromatic carbocycles. The predicted octanol–water partition coefficient (Wildman–Crippen LogP) is 5.14. The minimum atomic E-state index is -0.0918. The van der Waals surface area contributed by atoms with Gasteiger partial charge in [0.05, 0.1) is 31.3 Å². The molecule has 166 valence electrons. The minimum absolute atomic E-state index is 0.0918. The number of hydrogen-bond acceptors (Lipinski definition) is 6. The van der Waals surface area contributed by atoms with Crippen molar-refractivity contribution in [2.24, 2.45) is 5.84 Å². The van der Waals surface area contributed by atoms with E-state index in [1.165, 1.54) is 0 Å².